The van der Waals surface area contributed by atoms with Crippen LogP contribution in [0.15, 0.2) is 45.4 Å². The molecule has 2 heterocycles. The molecule has 0 saturated heterocycles. The summed E-state index contributed by atoms with van der Waals surface area (Å²) in [5, 5.41) is 7.96. The van der Waals surface area contributed by atoms with Crippen molar-refractivity contribution in [1.29, 1.82) is 0 Å². The molecule has 0 aliphatic rings. The number of rotatable bonds is 4. The van der Waals surface area contributed by atoms with E-state index >= 15 is 0 Å². The van der Waals surface area contributed by atoms with E-state index in [0.29, 0.717) is 5.76 Å². The first-order valence-electron chi connectivity index (χ1n) is 6.12. The quantitative estimate of drug-likeness (QED) is 0.669. The van der Waals surface area contributed by atoms with E-state index in [4.69, 9.17) is 36.8 Å². The summed E-state index contributed by atoms with van der Waals surface area (Å²) in [6, 6.07) is 8.06. The Morgan fingerprint density at radius 2 is 2.05 bits per heavy atom. The van der Waals surface area contributed by atoms with Crippen LogP contribution in [0.5, 0.6) is 0 Å². The molecule has 0 unspecified atom stereocenters. The van der Waals surface area contributed by atoms with E-state index in [1.807, 2.05) is 0 Å². The first-order chi connectivity index (χ1) is 10.6. The number of halogens is 2. The summed E-state index contributed by atoms with van der Waals surface area (Å²) < 4.78 is 15.5. The second-order valence-electron chi connectivity index (χ2n) is 4.16. The fraction of sp³-hybridized carbons (Fsp3) is 0.0714. The maximum atomic E-state index is 12.0. The molecule has 0 aliphatic heterocycles. The third-order valence-electron chi connectivity index (χ3n) is 2.70. The molecule has 0 radical (unpaired) electrons. The molecule has 112 valence electrons. The number of hydrogen-bond acceptors (Lipinski definition) is 6. The van der Waals surface area contributed by atoms with Crippen molar-refractivity contribution in [1.82, 2.24) is 10.2 Å². The van der Waals surface area contributed by atoms with E-state index in [9.17, 15) is 4.79 Å². The van der Waals surface area contributed by atoms with Gasteiger partial charge in [-0.3, -0.25) is 0 Å². The number of esters is 1. The highest BCUT2D eigenvalue weighted by molar-refractivity contribution is 6.43. The zero-order chi connectivity index (χ0) is 15.5. The van der Waals surface area contributed by atoms with Gasteiger partial charge in [-0.25, -0.2) is 4.79 Å². The number of nitrogens with zero attached hydrogens (tertiary/aromatic N) is 2. The number of carbonyl (C=O) groups excluding carboxylic acids is 1. The first-order valence-corrected chi connectivity index (χ1v) is 6.88. The molecule has 3 aromatic rings. The fourth-order valence-corrected chi connectivity index (χ4v) is 2.06. The van der Waals surface area contributed by atoms with Crippen molar-refractivity contribution in [3.63, 3.8) is 0 Å². The molecule has 0 fully saturated rings. The van der Waals surface area contributed by atoms with Crippen molar-refractivity contribution in [2.45, 2.75) is 6.61 Å². The Hall–Kier alpha value is -2.31. The van der Waals surface area contributed by atoms with E-state index < -0.39 is 5.97 Å². The molecule has 2 aromatic heterocycles. The minimum atomic E-state index is -0.634. The smallest absolute Gasteiger partial charge is 0.340 e. The average Bonchev–Trinajstić information content (AvgIpc) is 3.18. The molecular formula is C14H8Cl2N2O4. The Bertz CT molecular complexity index is 799. The molecule has 0 N–H and O–H groups in total. The predicted octanol–water partition coefficient (Wildman–Crippen LogP) is 3.99. The minimum Gasteiger partial charge on any atom is -0.459 e. The fourth-order valence-electron chi connectivity index (χ4n) is 1.68. The van der Waals surface area contributed by atoms with Gasteiger partial charge in [0.05, 0.1) is 21.9 Å². The van der Waals surface area contributed by atoms with Crippen LogP contribution in [-0.4, -0.2) is 16.2 Å². The lowest BCUT2D eigenvalue weighted by atomic mass is 10.2. The van der Waals surface area contributed by atoms with Gasteiger partial charge in [-0.1, -0.05) is 29.3 Å². The van der Waals surface area contributed by atoms with Crippen LogP contribution < -0.4 is 0 Å². The summed E-state index contributed by atoms with van der Waals surface area (Å²) in [5.74, 6) is 0.142. The largest absolute Gasteiger partial charge is 0.459 e. The van der Waals surface area contributed by atoms with Crippen molar-refractivity contribution in [2.75, 3.05) is 0 Å². The number of aromatic nitrogens is 2. The predicted molar refractivity (Wildman–Crippen MR) is 77.6 cm³/mol. The molecule has 0 spiro atoms. The highest BCUT2D eigenvalue weighted by Gasteiger charge is 2.16. The molecule has 0 bridgehead atoms. The summed E-state index contributed by atoms with van der Waals surface area (Å²) >= 11 is 11.8. The molecule has 0 aliphatic carbocycles. The summed E-state index contributed by atoms with van der Waals surface area (Å²) in [5.41, 5.74) is 0.167. The van der Waals surface area contributed by atoms with E-state index in [-0.39, 0.29) is 34.0 Å². The lowest BCUT2D eigenvalue weighted by Crippen LogP contribution is -2.06. The highest BCUT2D eigenvalue weighted by atomic mass is 35.5. The van der Waals surface area contributed by atoms with Crippen LogP contribution in [-0.2, 0) is 11.3 Å². The standard InChI is InChI=1S/C14H8Cl2N2O4/c15-9-4-1-3-8(12(9)16)14(19)21-7-11-17-18-13(22-11)10-5-2-6-20-10/h1-6H,7H2. The third kappa shape index (κ3) is 2.98. The molecule has 3 rings (SSSR count). The van der Waals surface area contributed by atoms with Gasteiger partial charge in [-0.2, -0.15) is 0 Å². The Morgan fingerprint density at radius 3 is 2.82 bits per heavy atom. The van der Waals surface area contributed by atoms with Crippen LogP contribution in [0.1, 0.15) is 16.2 Å². The summed E-state index contributed by atoms with van der Waals surface area (Å²) in [6.07, 6.45) is 1.49. The van der Waals surface area contributed by atoms with Gasteiger partial charge in [-0.15, -0.1) is 10.2 Å². The van der Waals surface area contributed by atoms with Crippen LogP contribution in [0.2, 0.25) is 10.0 Å². The van der Waals surface area contributed by atoms with Gasteiger partial charge in [0.1, 0.15) is 0 Å². The van der Waals surface area contributed by atoms with Gasteiger partial charge in [-0.05, 0) is 24.3 Å². The Balaban J connectivity index is 1.68. The second-order valence-corrected chi connectivity index (χ2v) is 4.94. The van der Waals surface area contributed by atoms with E-state index in [1.54, 1.807) is 24.3 Å². The Morgan fingerprint density at radius 1 is 1.18 bits per heavy atom. The SMILES string of the molecule is O=C(OCc1nnc(-c2ccco2)o1)c1cccc(Cl)c1Cl. The van der Waals surface area contributed by atoms with Crippen molar-refractivity contribution in [3.8, 4) is 11.7 Å². The molecule has 6 nitrogen and oxygen atoms in total. The Kier molecular flexibility index (Phi) is 4.13. The highest BCUT2D eigenvalue weighted by Crippen LogP contribution is 2.26. The summed E-state index contributed by atoms with van der Waals surface area (Å²) in [4.78, 5) is 12.0. The number of furan rings is 1. The van der Waals surface area contributed by atoms with Crippen LogP contribution in [0.4, 0.5) is 0 Å². The normalized spacial score (nSPS) is 10.6. The third-order valence-corrected chi connectivity index (χ3v) is 3.52. The minimum absolute atomic E-state index is 0.135. The summed E-state index contributed by atoms with van der Waals surface area (Å²) in [7, 11) is 0. The molecule has 0 saturated carbocycles. The number of hydrogen-bond donors (Lipinski definition) is 0. The lowest BCUT2D eigenvalue weighted by molar-refractivity contribution is 0.0439. The van der Waals surface area contributed by atoms with E-state index in [1.165, 1.54) is 12.3 Å². The molecule has 1 aromatic carbocycles. The molecular weight excluding hydrogens is 331 g/mol. The number of benzene rings is 1. The molecule has 8 heteroatoms. The van der Waals surface area contributed by atoms with E-state index in [0.717, 1.165) is 0 Å². The zero-order valence-electron chi connectivity index (χ0n) is 11.0. The zero-order valence-corrected chi connectivity index (χ0v) is 12.5. The van der Waals surface area contributed by atoms with Crippen LogP contribution in [0.25, 0.3) is 11.7 Å². The molecule has 22 heavy (non-hydrogen) atoms. The maximum Gasteiger partial charge on any atom is 0.340 e. The molecule has 0 atom stereocenters. The van der Waals surface area contributed by atoms with Crippen LogP contribution in [0.3, 0.4) is 0 Å². The number of carbonyl (C=O) groups is 1. The van der Waals surface area contributed by atoms with E-state index in [2.05, 4.69) is 10.2 Å². The van der Waals surface area contributed by atoms with Crippen LogP contribution in [0, 0.1) is 0 Å². The van der Waals surface area contributed by atoms with Crippen molar-refractivity contribution in [2.24, 2.45) is 0 Å². The first kappa shape index (κ1) is 14.6. The maximum absolute atomic E-state index is 12.0. The van der Waals surface area contributed by atoms with Crippen molar-refractivity contribution >= 4 is 29.2 Å². The van der Waals surface area contributed by atoms with Gasteiger partial charge in [0.15, 0.2) is 12.4 Å². The number of ether oxygens (including phenoxy) is 1. The monoisotopic (exact) mass is 338 g/mol. The van der Waals surface area contributed by atoms with Gasteiger partial charge in [0.25, 0.3) is 11.8 Å². The topological polar surface area (TPSA) is 78.4 Å². The van der Waals surface area contributed by atoms with Gasteiger partial charge >= 0.3 is 5.97 Å². The summed E-state index contributed by atoms with van der Waals surface area (Å²) in [6.45, 7) is -0.185. The van der Waals surface area contributed by atoms with Crippen molar-refractivity contribution in [3.05, 3.63) is 58.1 Å². The average molecular weight is 339 g/mol. The van der Waals surface area contributed by atoms with Crippen LogP contribution >= 0.6 is 23.2 Å². The lowest BCUT2D eigenvalue weighted by Gasteiger charge is -2.04. The van der Waals surface area contributed by atoms with Crippen molar-refractivity contribution < 1.29 is 18.4 Å². The second kappa shape index (κ2) is 6.21. The Labute approximate surface area is 134 Å². The molecule has 0 amide bonds. The van der Waals surface area contributed by atoms with Gasteiger partial charge in [0, 0.05) is 0 Å². The van der Waals surface area contributed by atoms with Gasteiger partial charge < -0.3 is 13.6 Å². The van der Waals surface area contributed by atoms with Gasteiger partial charge in [0.2, 0.25) is 0 Å².